The maximum absolute atomic E-state index is 12.5. The number of amides is 1. The van der Waals surface area contributed by atoms with E-state index in [1.807, 2.05) is 0 Å². The van der Waals surface area contributed by atoms with Crippen molar-refractivity contribution in [3.8, 4) is 0 Å². The molecule has 1 aromatic carbocycles. The van der Waals surface area contributed by atoms with Crippen LogP contribution in [0.4, 0.5) is 0 Å². The van der Waals surface area contributed by atoms with Crippen molar-refractivity contribution in [1.29, 1.82) is 0 Å². The Hall–Kier alpha value is -0.810. The van der Waals surface area contributed by atoms with Crippen molar-refractivity contribution >= 4 is 29.1 Å². The number of piperidine rings is 1. The second kappa shape index (κ2) is 7.39. The summed E-state index contributed by atoms with van der Waals surface area (Å²) in [5, 5.41) is 3.85. The van der Waals surface area contributed by atoms with Crippen molar-refractivity contribution in [1.82, 2.24) is 10.2 Å². The molecule has 0 bridgehead atoms. The van der Waals surface area contributed by atoms with Gasteiger partial charge in [0.2, 0.25) is 0 Å². The molecule has 6 heteroatoms. The molecule has 0 aliphatic carbocycles. The second-order valence-corrected chi connectivity index (χ2v) is 7.03. The number of hydrogen-bond donors (Lipinski definition) is 1. The molecule has 3 atom stereocenters. The van der Waals surface area contributed by atoms with Crippen LogP contribution in [0.2, 0.25) is 10.0 Å². The second-order valence-electron chi connectivity index (χ2n) is 6.22. The number of rotatable bonds is 3. The van der Waals surface area contributed by atoms with E-state index in [9.17, 15) is 4.79 Å². The van der Waals surface area contributed by atoms with Crippen molar-refractivity contribution in [3.05, 3.63) is 33.8 Å². The number of carbonyl (C=O) groups excluding carboxylic acids is 1. The Kier molecular flexibility index (Phi) is 5.47. The molecule has 1 amide bonds. The molecule has 2 saturated heterocycles. The zero-order valence-electron chi connectivity index (χ0n) is 13.2. The standard InChI is InChI=1S/C17H22Cl2N2O2/c1-2-12-10-23-17(15-5-3-4-8-21(12)15)20-16(22)11-6-7-13(18)14(19)9-11/h6-7,9,12,15,17H,2-5,8,10H2,1H3,(H,20,22)/t12-,15+,17-/m1/s1. The van der Waals surface area contributed by atoms with E-state index >= 15 is 0 Å². The van der Waals surface area contributed by atoms with Gasteiger partial charge in [-0.15, -0.1) is 0 Å². The zero-order chi connectivity index (χ0) is 16.4. The van der Waals surface area contributed by atoms with E-state index in [1.165, 1.54) is 12.8 Å². The van der Waals surface area contributed by atoms with Crippen molar-refractivity contribution in [2.75, 3.05) is 13.2 Å². The quantitative estimate of drug-likeness (QED) is 0.897. The van der Waals surface area contributed by atoms with Gasteiger partial charge >= 0.3 is 0 Å². The van der Waals surface area contributed by atoms with Gasteiger partial charge in [0.05, 0.1) is 22.7 Å². The summed E-state index contributed by atoms with van der Waals surface area (Å²) in [6.07, 6.45) is 4.27. The third-order valence-corrected chi connectivity index (χ3v) is 5.54. The van der Waals surface area contributed by atoms with Crippen LogP contribution in [0.5, 0.6) is 0 Å². The summed E-state index contributed by atoms with van der Waals surface area (Å²) in [4.78, 5) is 15.0. The van der Waals surface area contributed by atoms with Gasteiger partial charge in [-0.25, -0.2) is 0 Å². The van der Waals surface area contributed by atoms with Gasteiger partial charge in [0, 0.05) is 11.6 Å². The Morgan fingerprint density at radius 3 is 2.91 bits per heavy atom. The number of benzene rings is 1. The highest BCUT2D eigenvalue weighted by molar-refractivity contribution is 6.42. The Labute approximate surface area is 147 Å². The molecule has 0 saturated carbocycles. The van der Waals surface area contributed by atoms with Gasteiger partial charge in [-0.2, -0.15) is 0 Å². The molecule has 0 unspecified atom stereocenters. The smallest absolute Gasteiger partial charge is 0.253 e. The monoisotopic (exact) mass is 356 g/mol. The molecule has 1 N–H and O–H groups in total. The molecule has 2 aliphatic heterocycles. The fourth-order valence-electron chi connectivity index (χ4n) is 3.52. The molecule has 0 spiro atoms. The molecule has 1 aromatic rings. The van der Waals surface area contributed by atoms with E-state index in [0.717, 1.165) is 19.4 Å². The summed E-state index contributed by atoms with van der Waals surface area (Å²) in [7, 11) is 0. The van der Waals surface area contributed by atoms with Crippen molar-refractivity contribution in [2.24, 2.45) is 0 Å². The lowest BCUT2D eigenvalue weighted by Crippen LogP contribution is -2.62. The largest absolute Gasteiger partial charge is 0.355 e. The Morgan fingerprint density at radius 1 is 1.35 bits per heavy atom. The zero-order valence-corrected chi connectivity index (χ0v) is 14.7. The summed E-state index contributed by atoms with van der Waals surface area (Å²) in [6, 6.07) is 5.63. The van der Waals surface area contributed by atoms with Crippen LogP contribution in [-0.4, -0.2) is 42.3 Å². The molecule has 0 radical (unpaired) electrons. The molecular formula is C17H22Cl2N2O2. The molecule has 2 fully saturated rings. The van der Waals surface area contributed by atoms with E-state index in [-0.39, 0.29) is 18.2 Å². The average molecular weight is 357 g/mol. The number of fused-ring (bicyclic) bond motifs is 1. The first-order valence-electron chi connectivity index (χ1n) is 8.23. The third-order valence-electron chi connectivity index (χ3n) is 4.81. The van der Waals surface area contributed by atoms with Crippen LogP contribution in [0, 0.1) is 0 Å². The third kappa shape index (κ3) is 3.66. The number of hydrogen-bond acceptors (Lipinski definition) is 3. The maximum atomic E-state index is 12.5. The number of morpholine rings is 1. The minimum Gasteiger partial charge on any atom is -0.355 e. The van der Waals surface area contributed by atoms with E-state index in [0.29, 0.717) is 28.3 Å². The molecule has 3 rings (SSSR count). The number of nitrogens with one attached hydrogen (secondary N) is 1. The highest BCUT2D eigenvalue weighted by Gasteiger charge is 2.39. The van der Waals surface area contributed by atoms with E-state index in [4.69, 9.17) is 27.9 Å². The van der Waals surface area contributed by atoms with Gasteiger partial charge in [0.15, 0.2) is 0 Å². The molecule has 2 aliphatic rings. The summed E-state index contributed by atoms with van der Waals surface area (Å²) in [5.41, 5.74) is 0.503. The van der Waals surface area contributed by atoms with Crippen molar-refractivity contribution in [3.63, 3.8) is 0 Å². The molecular weight excluding hydrogens is 335 g/mol. The number of carbonyl (C=O) groups is 1. The van der Waals surface area contributed by atoms with Crippen LogP contribution in [0.1, 0.15) is 43.0 Å². The van der Waals surface area contributed by atoms with Crippen LogP contribution in [0.3, 0.4) is 0 Å². The van der Waals surface area contributed by atoms with E-state index in [2.05, 4.69) is 17.1 Å². The van der Waals surface area contributed by atoms with E-state index in [1.54, 1.807) is 18.2 Å². The number of halogens is 2. The first-order chi connectivity index (χ1) is 11.1. The van der Waals surface area contributed by atoms with Crippen molar-refractivity contribution in [2.45, 2.75) is 50.9 Å². The fraction of sp³-hybridized carbons (Fsp3) is 0.588. The Bertz CT molecular complexity index is 582. The SMILES string of the molecule is CC[C@@H]1CO[C@@H](NC(=O)c2ccc(Cl)c(Cl)c2)[C@@H]2CCCCN12. The van der Waals surface area contributed by atoms with Gasteiger partial charge in [-0.3, -0.25) is 9.69 Å². The van der Waals surface area contributed by atoms with E-state index < -0.39 is 0 Å². The van der Waals surface area contributed by atoms with Crippen LogP contribution in [-0.2, 0) is 4.74 Å². The maximum Gasteiger partial charge on any atom is 0.253 e. The lowest BCUT2D eigenvalue weighted by atomic mass is 9.95. The normalized spacial score (nSPS) is 28.2. The van der Waals surface area contributed by atoms with Gasteiger partial charge in [0.25, 0.3) is 5.91 Å². The molecule has 126 valence electrons. The Morgan fingerprint density at radius 2 is 2.17 bits per heavy atom. The van der Waals surface area contributed by atoms with Gasteiger partial charge in [0.1, 0.15) is 6.23 Å². The van der Waals surface area contributed by atoms with Crippen LogP contribution >= 0.6 is 23.2 Å². The van der Waals surface area contributed by atoms with Crippen molar-refractivity contribution < 1.29 is 9.53 Å². The summed E-state index contributed by atoms with van der Waals surface area (Å²) in [5.74, 6) is -0.172. The predicted octanol–water partition coefficient (Wildman–Crippen LogP) is 3.71. The van der Waals surface area contributed by atoms with Crippen LogP contribution < -0.4 is 5.32 Å². The topological polar surface area (TPSA) is 41.6 Å². The number of ether oxygens (including phenoxy) is 1. The molecule has 4 nitrogen and oxygen atoms in total. The van der Waals surface area contributed by atoms with Gasteiger partial charge < -0.3 is 10.1 Å². The van der Waals surface area contributed by atoms with Crippen LogP contribution in [0.25, 0.3) is 0 Å². The van der Waals surface area contributed by atoms with Gasteiger partial charge in [-0.05, 0) is 44.0 Å². The fourth-order valence-corrected chi connectivity index (χ4v) is 3.82. The minimum absolute atomic E-state index is 0.172. The minimum atomic E-state index is -0.264. The summed E-state index contributed by atoms with van der Waals surface area (Å²) in [6.45, 7) is 3.94. The molecule has 0 aromatic heterocycles. The summed E-state index contributed by atoms with van der Waals surface area (Å²) < 4.78 is 5.96. The highest BCUT2D eigenvalue weighted by Crippen LogP contribution is 2.28. The number of nitrogens with zero attached hydrogens (tertiary/aromatic N) is 1. The lowest BCUT2D eigenvalue weighted by Gasteiger charge is -2.48. The molecule has 2 heterocycles. The van der Waals surface area contributed by atoms with Crippen LogP contribution in [0.15, 0.2) is 18.2 Å². The molecule has 23 heavy (non-hydrogen) atoms. The first kappa shape index (κ1) is 17.0. The Balaban J connectivity index is 1.71. The highest BCUT2D eigenvalue weighted by atomic mass is 35.5. The first-order valence-corrected chi connectivity index (χ1v) is 8.99. The lowest BCUT2D eigenvalue weighted by molar-refractivity contribution is -0.124. The predicted molar refractivity (Wildman–Crippen MR) is 92.1 cm³/mol. The summed E-state index contributed by atoms with van der Waals surface area (Å²) >= 11 is 11.9. The average Bonchev–Trinajstić information content (AvgIpc) is 2.57. The van der Waals surface area contributed by atoms with Gasteiger partial charge in [-0.1, -0.05) is 36.5 Å².